The molecule has 0 bridgehead atoms. The highest BCUT2D eigenvalue weighted by molar-refractivity contribution is 8.00. The fraction of sp³-hybridized carbons (Fsp3) is 0.800. The lowest BCUT2D eigenvalue weighted by atomic mass is 10.5. The van der Waals surface area contributed by atoms with E-state index in [-0.39, 0.29) is 5.25 Å². The van der Waals surface area contributed by atoms with Crippen LogP contribution in [0.15, 0.2) is 0 Å². The Balaban J connectivity index is 2.22. The first-order chi connectivity index (χ1) is 3.93. The fourth-order valence-corrected chi connectivity index (χ4v) is 1.37. The van der Waals surface area contributed by atoms with E-state index in [2.05, 4.69) is 0 Å². The second-order valence-electron chi connectivity index (χ2n) is 1.62. The molecule has 1 unspecified atom stereocenters. The second kappa shape index (κ2) is 3.10. The maximum atomic E-state index is 10.1. The predicted molar refractivity (Wildman–Crippen MR) is 33.1 cm³/mol. The van der Waals surface area contributed by atoms with E-state index in [0.29, 0.717) is 6.61 Å². The minimum Gasteiger partial charge on any atom is -0.379 e. The van der Waals surface area contributed by atoms with Crippen molar-refractivity contribution in [1.82, 2.24) is 0 Å². The molecule has 3 heteroatoms. The van der Waals surface area contributed by atoms with Gasteiger partial charge >= 0.3 is 0 Å². The maximum Gasteiger partial charge on any atom is 0.135 e. The monoisotopic (exact) mass is 132 g/mol. The van der Waals surface area contributed by atoms with Crippen molar-refractivity contribution >= 4 is 18.0 Å². The van der Waals surface area contributed by atoms with E-state index in [9.17, 15) is 4.79 Å². The zero-order valence-electron chi connectivity index (χ0n) is 4.50. The molecule has 0 spiro atoms. The lowest BCUT2D eigenvalue weighted by Crippen LogP contribution is -2.21. The van der Waals surface area contributed by atoms with Gasteiger partial charge < -0.3 is 9.53 Å². The Morgan fingerprint density at radius 3 is 3.00 bits per heavy atom. The Hall–Kier alpha value is -0.0200. The van der Waals surface area contributed by atoms with E-state index in [1.165, 1.54) is 0 Å². The van der Waals surface area contributed by atoms with Crippen LogP contribution >= 0.6 is 11.8 Å². The first-order valence-corrected chi connectivity index (χ1v) is 3.63. The normalized spacial score (nSPS) is 29.8. The number of rotatable bonds is 1. The van der Waals surface area contributed by atoms with Crippen LogP contribution in [0.5, 0.6) is 0 Å². The van der Waals surface area contributed by atoms with Gasteiger partial charge in [-0.05, 0) is 0 Å². The van der Waals surface area contributed by atoms with Crippen molar-refractivity contribution in [2.45, 2.75) is 5.25 Å². The molecule has 0 aromatic rings. The van der Waals surface area contributed by atoms with Crippen LogP contribution in [0.1, 0.15) is 0 Å². The molecule has 0 radical (unpaired) electrons. The number of ether oxygens (including phenoxy) is 1. The summed E-state index contributed by atoms with van der Waals surface area (Å²) in [5, 5.41) is 0.101. The molecule has 1 aliphatic rings. The Kier molecular flexibility index (Phi) is 2.36. The molecule has 2 nitrogen and oxygen atoms in total. The second-order valence-corrected chi connectivity index (χ2v) is 2.97. The van der Waals surface area contributed by atoms with Gasteiger partial charge in [-0.15, -0.1) is 11.8 Å². The molecular weight excluding hydrogens is 124 g/mol. The summed E-state index contributed by atoms with van der Waals surface area (Å²) in [6.07, 6.45) is 0.948. The summed E-state index contributed by atoms with van der Waals surface area (Å²) in [6, 6.07) is 0. The van der Waals surface area contributed by atoms with Crippen molar-refractivity contribution in [3.8, 4) is 0 Å². The number of carbonyl (C=O) groups excluding carboxylic acids is 1. The Morgan fingerprint density at radius 2 is 2.62 bits per heavy atom. The van der Waals surface area contributed by atoms with Crippen molar-refractivity contribution < 1.29 is 9.53 Å². The summed E-state index contributed by atoms with van der Waals surface area (Å²) in [7, 11) is 0. The molecule has 46 valence electrons. The minimum atomic E-state index is 0.101. The molecule has 1 saturated heterocycles. The third-order valence-corrected chi connectivity index (χ3v) is 2.07. The average Bonchev–Trinajstić information content (AvgIpc) is 1.90. The van der Waals surface area contributed by atoms with Crippen molar-refractivity contribution in [1.29, 1.82) is 0 Å². The molecule has 0 N–H and O–H groups in total. The lowest BCUT2D eigenvalue weighted by Gasteiger charge is -2.15. The van der Waals surface area contributed by atoms with E-state index >= 15 is 0 Å². The summed E-state index contributed by atoms with van der Waals surface area (Å²) in [6.45, 7) is 1.41. The summed E-state index contributed by atoms with van der Waals surface area (Å²) >= 11 is 1.67. The molecule has 8 heavy (non-hydrogen) atoms. The number of hydrogen-bond acceptors (Lipinski definition) is 3. The molecule has 0 aliphatic carbocycles. The predicted octanol–water partition coefficient (Wildman–Crippen LogP) is 0.317. The van der Waals surface area contributed by atoms with Crippen LogP contribution in [0.3, 0.4) is 0 Å². The zero-order valence-corrected chi connectivity index (χ0v) is 5.32. The van der Waals surface area contributed by atoms with Gasteiger partial charge in [0, 0.05) is 5.75 Å². The van der Waals surface area contributed by atoms with Crippen molar-refractivity contribution in [2.75, 3.05) is 19.0 Å². The highest BCUT2D eigenvalue weighted by Gasteiger charge is 2.11. The van der Waals surface area contributed by atoms with Crippen LogP contribution in [-0.2, 0) is 9.53 Å². The first-order valence-electron chi connectivity index (χ1n) is 2.58. The smallest absolute Gasteiger partial charge is 0.135 e. The van der Waals surface area contributed by atoms with Crippen molar-refractivity contribution in [3.63, 3.8) is 0 Å². The summed E-state index contributed by atoms with van der Waals surface area (Å²) < 4.78 is 5.02. The molecule has 1 atom stereocenters. The molecule has 1 fully saturated rings. The molecular formula is C5H8O2S. The Bertz CT molecular complexity index is 78.5. The summed E-state index contributed by atoms with van der Waals surface area (Å²) in [4.78, 5) is 10.1. The van der Waals surface area contributed by atoms with E-state index < -0.39 is 0 Å². The molecule has 1 aliphatic heterocycles. The SMILES string of the molecule is O=CC1COCCS1. The molecule has 0 saturated carbocycles. The average molecular weight is 132 g/mol. The van der Waals surface area contributed by atoms with Gasteiger partial charge in [-0.1, -0.05) is 0 Å². The van der Waals surface area contributed by atoms with Crippen LogP contribution in [0, 0.1) is 0 Å². The maximum absolute atomic E-state index is 10.1. The first kappa shape index (κ1) is 6.11. The van der Waals surface area contributed by atoms with Gasteiger partial charge in [0.1, 0.15) is 6.29 Å². The van der Waals surface area contributed by atoms with Crippen LogP contribution in [-0.4, -0.2) is 30.5 Å². The Labute approximate surface area is 52.6 Å². The van der Waals surface area contributed by atoms with E-state index in [0.717, 1.165) is 18.6 Å². The third kappa shape index (κ3) is 1.49. The number of aldehydes is 1. The topological polar surface area (TPSA) is 26.3 Å². The molecule has 1 rings (SSSR count). The van der Waals surface area contributed by atoms with E-state index in [4.69, 9.17) is 4.74 Å². The number of carbonyl (C=O) groups is 1. The quantitative estimate of drug-likeness (QED) is 0.480. The fourth-order valence-electron chi connectivity index (χ4n) is 0.585. The Morgan fingerprint density at radius 1 is 1.75 bits per heavy atom. The minimum absolute atomic E-state index is 0.101. The standard InChI is InChI=1S/C5H8O2S/c6-3-5-4-7-1-2-8-5/h3,5H,1-2,4H2. The molecule has 0 aromatic heterocycles. The summed E-state index contributed by atoms with van der Waals surface area (Å²) in [5.74, 6) is 0.962. The van der Waals surface area contributed by atoms with Crippen LogP contribution < -0.4 is 0 Å². The van der Waals surface area contributed by atoms with E-state index in [1.807, 2.05) is 0 Å². The largest absolute Gasteiger partial charge is 0.379 e. The van der Waals surface area contributed by atoms with Gasteiger partial charge in [-0.2, -0.15) is 0 Å². The number of hydrogen-bond donors (Lipinski definition) is 0. The van der Waals surface area contributed by atoms with Gasteiger partial charge in [0.05, 0.1) is 18.5 Å². The van der Waals surface area contributed by atoms with Gasteiger partial charge in [-0.3, -0.25) is 0 Å². The molecule has 1 heterocycles. The van der Waals surface area contributed by atoms with Gasteiger partial charge in [0.15, 0.2) is 0 Å². The lowest BCUT2D eigenvalue weighted by molar-refractivity contribution is -0.108. The highest BCUT2D eigenvalue weighted by atomic mass is 32.2. The summed E-state index contributed by atoms with van der Waals surface area (Å²) in [5.41, 5.74) is 0. The van der Waals surface area contributed by atoms with Gasteiger partial charge in [0.25, 0.3) is 0 Å². The van der Waals surface area contributed by atoms with Crippen LogP contribution in [0.4, 0.5) is 0 Å². The van der Waals surface area contributed by atoms with Crippen LogP contribution in [0.25, 0.3) is 0 Å². The third-order valence-electron chi connectivity index (χ3n) is 0.993. The molecule has 0 amide bonds. The highest BCUT2D eigenvalue weighted by Crippen LogP contribution is 2.13. The van der Waals surface area contributed by atoms with E-state index in [1.54, 1.807) is 11.8 Å². The van der Waals surface area contributed by atoms with Gasteiger partial charge in [-0.25, -0.2) is 0 Å². The van der Waals surface area contributed by atoms with Crippen LogP contribution in [0.2, 0.25) is 0 Å². The van der Waals surface area contributed by atoms with Crippen molar-refractivity contribution in [3.05, 3.63) is 0 Å². The number of thioether (sulfide) groups is 1. The van der Waals surface area contributed by atoms with Crippen molar-refractivity contribution in [2.24, 2.45) is 0 Å². The van der Waals surface area contributed by atoms with Gasteiger partial charge in [0.2, 0.25) is 0 Å². The molecule has 0 aromatic carbocycles. The zero-order chi connectivity index (χ0) is 5.82.